The first-order chi connectivity index (χ1) is 17.4. The number of fused-ring (bicyclic) bond motifs is 1. The highest BCUT2D eigenvalue weighted by Crippen LogP contribution is 2.29. The zero-order chi connectivity index (χ0) is 25.8. The van der Waals surface area contributed by atoms with E-state index in [1.54, 1.807) is 4.90 Å². The molecule has 11 heteroatoms. The van der Waals surface area contributed by atoms with Gasteiger partial charge in [-0.2, -0.15) is 0 Å². The Labute approximate surface area is 207 Å². The van der Waals surface area contributed by atoms with Gasteiger partial charge in [-0.1, -0.05) is 25.1 Å². The molecule has 10 nitrogen and oxygen atoms in total. The third-order valence-electron chi connectivity index (χ3n) is 6.30. The molecular weight excluding hydrogens is 465 g/mol. The molecule has 1 aliphatic rings. The summed E-state index contributed by atoms with van der Waals surface area (Å²) in [6, 6.07) is 9.31. The summed E-state index contributed by atoms with van der Waals surface area (Å²) in [5.74, 6) is 3.69. The molecule has 1 saturated heterocycles. The molecule has 4 rings (SSSR count). The Morgan fingerprint density at radius 3 is 2.56 bits per heavy atom. The molecule has 3 aromatic rings. The molecule has 0 atom stereocenters. The van der Waals surface area contributed by atoms with Crippen LogP contribution in [-0.4, -0.2) is 51.6 Å². The van der Waals surface area contributed by atoms with Crippen molar-refractivity contribution in [3.05, 3.63) is 66.5 Å². The summed E-state index contributed by atoms with van der Waals surface area (Å²) >= 11 is 0. The fourth-order valence-corrected chi connectivity index (χ4v) is 4.54. The van der Waals surface area contributed by atoms with E-state index in [-0.39, 0.29) is 34.2 Å². The molecule has 5 N–H and O–H groups in total. The maximum Gasteiger partial charge on any atom is 0.295 e. The van der Waals surface area contributed by atoms with Crippen LogP contribution in [0.25, 0.3) is 10.9 Å². The van der Waals surface area contributed by atoms with E-state index in [4.69, 9.17) is 11.6 Å². The number of rotatable bonds is 7. The van der Waals surface area contributed by atoms with Gasteiger partial charge in [-0.15, -0.1) is 0 Å². The molecule has 0 radical (unpaired) electrons. The Morgan fingerprint density at radius 1 is 1.22 bits per heavy atom. The first-order valence-electron chi connectivity index (χ1n) is 11.7. The minimum Gasteiger partial charge on any atom is -0.403 e. The SMILES string of the molecule is CCC(=O)N(c1ccccc1)C1CCN(C(=O)C(=O)c2c[nH]c3c(N(N)/C=C\N)ncc(F)c23)CC1. The third kappa shape index (κ3) is 4.65. The molecule has 0 saturated carbocycles. The minimum absolute atomic E-state index is 0.000776. The second-order valence-corrected chi connectivity index (χ2v) is 8.44. The Hall–Kier alpha value is -4.25. The number of hydrogen-bond acceptors (Lipinski definition) is 7. The third-order valence-corrected chi connectivity index (χ3v) is 6.30. The van der Waals surface area contributed by atoms with Gasteiger partial charge in [0.1, 0.15) is 0 Å². The number of nitrogens with one attached hydrogen (secondary N) is 1. The predicted octanol–water partition coefficient (Wildman–Crippen LogP) is 2.43. The summed E-state index contributed by atoms with van der Waals surface area (Å²) in [5, 5.41) is 1.01. The zero-order valence-electron chi connectivity index (χ0n) is 19.9. The summed E-state index contributed by atoms with van der Waals surface area (Å²) < 4.78 is 14.7. The number of carbonyl (C=O) groups is 3. The summed E-state index contributed by atoms with van der Waals surface area (Å²) in [4.78, 5) is 48.9. The van der Waals surface area contributed by atoms with Crippen LogP contribution in [0.15, 0.2) is 55.1 Å². The van der Waals surface area contributed by atoms with Crippen LogP contribution in [0.2, 0.25) is 0 Å². The van der Waals surface area contributed by atoms with E-state index in [1.807, 2.05) is 37.3 Å². The van der Waals surface area contributed by atoms with Crippen LogP contribution in [0.1, 0.15) is 36.5 Å². The molecule has 2 amide bonds. The summed E-state index contributed by atoms with van der Waals surface area (Å²) in [6.07, 6.45) is 6.11. The van der Waals surface area contributed by atoms with Crippen molar-refractivity contribution in [1.29, 1.82) is 0 Å². The van der Waals surface area contributed by atoms with Crippen LogP contribution < -0.4 is 21.5 Å². The number of aromatic amines is 1. The molecule has 0 unspecified atom stereocenters. The molecule has 1 fully saturated rings. The van der Waals surface area contributed by atoms with Gasteiger partial charge in [-0.3, -0.25) is 19.4 Å². The highest BCUT2D eigenvalue weighted by Gasteiger charge is 2.33. The average molecular weight is 494 g/mol. The van der Waals surface area contributed by atoms with Gasteiger partial charge < -0.3 is 20.5 Å². The van der Waals surface area contributed by atoms with Crippen LogP contribution in [0, 0.1) is 5.82 Å². The molecule has 1 aliphatic heterocycles. The monoisotopic (exact) mass is 493 g/mol. The van der Waals surface area contributed by atoms with E-state index in [1.165, 1.54) is 23.5 Å². The van der Waals surface area contributed by atoms with Crippen LogP contribution in [0.5, 0.6) is 0 Å². The molecule has 0 bridgehead atoms. The Morgan fingerprint density at radius 2 is 1.92 bits per heavy atom. The second-order valence-electron chi connectivity index (χ2n) is 8.44. The van der Waals surface area contributed by atoms with Crippen molar-refractivity contribution in [1.82, 2.24) is 14.9 Å². The van der Waals surface area contributed by atoms with Gasteiger partial charge in [0.05, 0.1) is 22.7 Å². The number of aromatic nitrogens is 2. The van der Waals surface area contributed by atoms with Gasteiger partial charge in [0, 0.05) is 49.8 Å². The van der Waals surface area contributed by atoms with Crippen molar-refractivity contribution < 1.29 is 18.8 Å². The summed E-state index contributed by atoms with van der Waals surface area (Å²) in [6.45, 7) is 2.41. The van der Waals surface area contributed by atoms with E-state index in [0.29, 0.717) is 32.4 Å². The standard InChI is InChI=1S/C25H28FN7O3/c1-2-20(34)33(16-6-4-3-5-7-16)17-8-11-31(12-9-17)25(36)23(35)18-14-29-22-21(18)19(26)15-30-24(22)32(28)13-10-27/h3-7,10,13-15,17,29H,2,8-9,11-12,27-28H2,1H3/b13-10-. The van der Waals surface area contributed by atoms with Gasteiger partial charge in [-0.05, 0) is 25.0 Å². The van der Waals surface area contributed by atoms with Crippen LogP contribution in [-0.2, 0) is 9.59 Å². The first-order valence-corrected chi connectivity index (χ1v) is 11.7. The first kappa shape index (κ1) is 24.9. The number of piperidine rings is 1. The van der Waals surface area contributed by atoms with Gasteiger partial charge in [-0.25, -0.2) is 15.2 Å². The average Bonchev–Trinajstić information content (AvgIpc) is 3.35. The number of halogens is 1. The number of para-hydroxylation sites is 1. The summed E-state index contributed by atoms with van der Waals surface area (Å²) in [7, 11) is 0. The van der Waals surface area contributed by atoms with Crippen molar-refractivity contribution >= 4 is 40.0 Å². The normalized spacial score (nSPS) is 14.4. The zero-order valence-corrected chi connectivity index (χ0v) is 19.9. The summed E-state index contributed by atoms with van der Waals surface area (Å²) in [5.41, 5.74) is 6.24. The number of hydrogen-bond donors (Lipinski definition) is 3. The number of likely N-dealkylation sites (tertiary alicyclic amines) is 1. The number of anilines is 2. The van der Waals surface area contributed by atoms with E-state index in [9.17, 15) is 18.8 Å². The lowest BCUT2D eigenvalue weighted by atomic mass is 10.0. The maximum atomic E-state index is 14.7. The number of benzene rings is 1. The molecule has 36 heavy (non-hydrogen) atoms. The molecule has 0 spiro atoms. The topological polar surface area (TPSA) is 142 Å². The molecule has 188 valence electrons. The quantitative estimate of drug-likeness (QED) is 0.199. The van der Waals surface area contributed by atoms with Crippen molar-refractivity contribution in [3.63, 3.8) is 0 Å². The number of pyridine rings is 1. The van der Waals surface area contributed by atoms with Crippen molar-refractivity contribution in [3.8, 4) is 0 Å². The number of carbonyl (C=O) groups excluding carboxylic acids is 3. The van der Waals surface area contributed by atoms with Crippen LogP contribution >= 0.6 is 0 Å². The number of nitrogens with zero attached hydrogens (tertiary/aromatic N) is 4. The fraction of sp³-hybridized carbons (Fsp3) is 0.280. The molecular formula is C25H28FN7O3. The van der Waals surface area contributed by atoms with Crippen LogP contribution in [0.4, 0.5) is 15.9 Å². The predicted molar refractivity (Wildman–Crippen MR) is 134 cm³/mol. The minimum atomic E-state index is -0.835. The maximum absolute atomic E-state index is 14.7. The van der Waals surface area contributed by atoms with Crippen molar-refractivity contribution in [2.24, 2.45) is 11.6 Å². The Kier molecular flexibility index (Phi) is 7.30. The highest BCUT2D eigenvalue weighted by molar-refractivity contribution is 6.45. The van der Waals surface area contributed by atoms with Crippen LogP contribution in [0.3, 0.4) is 0 Å². The highest BCUT2D eigenvalue weighted by atomic mass is 19.1. The largest absolute Gasteiger partial charge is 0.403 e. The van der Waals surface area contributed by atoms with E-state index in [2.05, 4.69) is 9.97 Å². The number of nitrogens with two attached hydrogens (primary N) is 2. The van der Waals surface area contributed by atoms with Crippen molar-refractivity contribution in [2.45, 2.75) is 32.2 Å². The van der Waals surface area contributed by atoms with Gasteiger partial charge >= 0.3 is 0 Å². The van der Waals surface area contributed by atoms with Gasteiger partial charge in [0.25, 0.3) is 11.7 Å². The molecule has 2 aromatic heterocycles. The lowest BCUT2D eigenvalue weighted by Crippen LogP contribution is -2.50. The number of H-pyrrole nitrogens is 1. The number of Topliss-reactive ketones (excluding diaryl/α,β-unsaturated/α-hetero) is 1. The van der Waals surface area contributed by atoms with E-state index in [0.717, 1.165) is 16.9 Å². The lowest BCUT2D eigenvalue weighted by Gasteiger charge is -2.38. The van der Waals surface area contributed by atoms with E-state index >= 15 is 0 Å². The Bertz CT molecular complexity index is 1300. The fourth-order valence-electron chi connectivity index (χ4n) is 4.54. The molecule has 0 aliphatic carbocycles. The second kappa shape index (κ2) is 10.6. The lowest BCUT2D eigenvalue weighted by molar-refractivity contribution is -0.127. The number of amides is 2. The van der Waals surface area contributed by atoms with E-state index < -0.39 is 17.5 Å². The van der Waals surface area contributed by atoms with Gasteiger partial charge in [0.15, 0.2) is 11.6 Å². The van der Waals surface area contributed by atoms with Gasteiger partial charge in [0.2, 0.25) is 5.91 Å². The number of ketones is 1. The number of hydrazine groups is 1. The van der Waals surface area contributed by atoms with Crippen molar-refractivity contribution in [2.75, 3.05) is 23.0 Å². The smallest absolute Gasteiger partial charge is 0.295 e. The molecule has 3 heterocycles. The Balaban J connectivity index is 1.52. The molecule has 1 aromatic carbocycles.